The number of benzene rings is 2. The molecule has 1 saturated carbocycles. The highest BCUT2D eigenvalue weighted by Crippen LogP contribution is 2.40. The topological polar surface area (TPSA) is 105 Å². The average Bonchev–Trinajstić information content (AvgIpc) is 3.47. The lowest BCUT2D eigenvalue weighted by molar-refractivity contribution is 0.349. The molecule has 0 radical (unpaired) electrons. The molecular formula is C25H27N2O5PS. The number of methoxy groups -OCH3 is 1. The largest absolute Gasteiger partial charge is 0.497 e. The standard InChI is InChI=1S/C25H27N2O5PS/c1-15-6-3-4-8-20(15)26-25-27-21-9-5-7-19(24(21)34-25)16-12-17(14-18(13-16)31-2)22-10-11-23(32-22)33(28,29)30/h5,7,9-15,20H,3-4,6,8H2,1-2H3,(H,26,27)(H2,28,29,30)/t15-,20-/m0/s1. The summed E-state index contributed by atoms with van der Waals surface area (Å²) in [7, 11) is -2.88. The summed E-state index contributed by atoms with van der Waals surface area (Å²) in [4.78, 5) is 23.7. The van der Waals surface area contributed by atoms with Gasteiger partial charge in [0.25, 0.3) is 0 Å². The molecule has 0 saturated heterocycles. The zero-order valence-electron chi connectivity index (χ0n) is 19.0. The molecule has 2 aromatic carbocycles. The van der Waals surface area contributed by atoms with Gasteiger partial charge in [0.2, 0.25) is 5.50 Å². The van der Waals surface area contributed by atoms with Crippen molar-refractivity contribution in [1.82, 2.24) is 4.98 Å². The summed E-state index contributed by atoms with van der Waals surface area (Å²) < 4.78 is 23.6. The fraction of sp³-hybridized carbons (Fsp3) is 0.320. The molecule has 34 heavy (non-hydrogen) atoms. The minimum atomic E-state index is -4.47. The second kappa shape index (κ2) is 9.19. The fourth-order valence-electron chi connectivity index (χ4n) is 4.58. The number of anilines is 1. The Balaban J connectivity index is 1.54. The van der Waals surface area contributed by atoms with Crippen LogP contribution >= 0.6 is 18.9 Å². The van der Waals surface area contributed by atoms with E-state index in [2.05, 4.69) is 18.3 Å². The van der Waals surface area contributed by atoms with Crippen LogP contribution in [0, 0.1) is 5.92 Å². The summed E-state index contributed by atoms with van der Waals surface area (Å²) in [5.74, 6) is 1.62. The second-order valence-electron chi connectivity index (χ2n) is 8.82. The van der Waals surface area contributed by atoms with Gasteiger partial charge in [0.1, 0.15) is 11.5 Å². The van der Waals surface area contributed by atoms with E-state index in [0.717, 1.165) is 26.5 Å². The Morgan fingerprint density at radius 2 is 1.91 bits per heavy atom. The molecule has 1 fully saturated rings. The number of rotatable bonds is 6. The van der Waals surface area contributed by atoms with Crippen molar-refractivity contribution in [3.63, 3.8) is 0 Å². The summed E-state index contributed by atoms with van der Waals surface area (Å²) in [5, 5.41) is 4.60. The van der Waals surface area contributed by atoms with Crippen LogP contribution in [0.2, 0.25) is 0 Å². The van der Waals surface area contributed by atoms with Crippen LogP contribution in [0.5, 0.6) is 5.75 Å². The van der Waals surface area contributed by atoms with Crippen LogP contribution in [0.4, 0.5) is 5.13 Å². The molecule has 0 amide bonds. The number of thiazole rings is 1. The van der Waals surface area contributed by atoms with E-state index < -0.39 is 7.60 Å². The van der Waals surface area contributed by atoms with Gasteiger partial charge in [-0.1, -0.05) is 43.2 Å². The average molecular weight is 499 g/mol. The van der Waals surface area contributed by atoms with Crippen molar-refractivity contribution >= 4 is 39.8 Å². The molecule has 3 N–H and O–H groups in total. The summed E-state index contributed by atoms with van der Waals surface area (Å²) in [6, 6.07) is 15.1. The van der Waals surface area contributed by atoms with Crippen molar-refractivity contribution in [2.24, 2.45) is 5.92 Å². The Morgan fingerprint density at radius 3 is 2.65 bits per heavy atom. The molecule has 2 aromatic heterocycles. The van der Waals surface area contributed by atoms with Crippen molar-refractivity contribution < 1.29 is 23.5 Å². The molecule has 4 aromatic rings. The number of nitrogens with zero attached hydrogens (tertiary/aromatic N) is 1. The number of hydrogen-bond acceptors (Lipinski definition) is 6. The third-order valence-corrected chi connectivity index (χ3v) is 8.30. The van der Waals surface area contributed by atoms with Gasteiger partial charge in [0.05, 0.1) is 17.3 Å². The number of ether oxygens (including phenoxy) is 1. The van der Waals surface area contributed by atoms with Crippen LogP contribution in [0.3, 0.4) is 0 Å². The Labute approximate surface area is 202 Å². The van der Waals surface area contributed by atoms with Crippen LogP contribution in [0.1, 0.15) is 32.6 Å². The van der Waals surface area contributed by atoms with Gasteiger partial charge < -0.3 is 24.3 Å². The number of hydrogen-bond donors (Lipinski definition) is 3. The third-order valence-electron chi connectivity index (χ3n) is 6.45. The first kappa shape index (κ1) is 23.1. The molecule has 9 heteroatoms. The summed E-state index contributed by atoms with van der Waals surface area (Å²) >= 11 is 1.65. The normalized spacial score (nSPS) is 18.8. The van der Waals surface area contributed by atoms with E-state index in [1.54, 1.807) is 30.6 Å². The van der Waals surface area contributed by atoms with Crippen molar-refractivity contribution in [3.8, 4) is 28.2 Å². The predicted molar refractivity (Wildman–Crippen MR) is 136 cm³/mol. The molecule has 0 bridgehead atoms. The van der Waals surface area contributed by atoms with E-state index in [1.807, 2.05) is 24.3 Å². The molecule has 0 unspecified atom stereocenters. The maximum Gasteiger partial charge on any atom is 0.391 e. The van der Waals surface area contributed by atoms with Crippen LogP contribution in [0.15, 0.2) is 52.9 Å². The van der Waals surface area contributed by atoms with Gasteiger partial charge in [-0.15, -0.1) is 0 Å². The monoisotopic (exact) mass is 498 g/mol. The number of fused-ring (bicyclic) bond motifs is 1. The van der Waals surface area contributed by atoms with Crippen molar-refractivity contribution in [3.05, 3.63) is 48.5 Å². The van der Waals surface area contributed by atoms with Crippen molar-refractivity contribution in [2.45, 2.75) is 38.6 Å². The van der Waals surface area contributed by atoms with E-state index in [4.69, 9.17) is 14.1 Å². The summed E-state index contributed by atoms with van der Waals surface area (Å²) in [5.41, 5.74) is 3.17. The third kappa shape index (κ3) is 4.64. The van der Waals surface area contributed by atoms with Crippen LogP contribution in [-0.4, -0.2) is 27.9 Å². The van der Waals surface area contributed by atoms with Gasteiger partial charge in [-0.3, -0.25) is 4.57 Å². The molecule has 1 aliphatic carbocycles. The van der Waals surface area contributed by atoms with E-state index >= 15 is 0 Å². The highest BCUT2D eigenvalue weighted by molar-refractivity contribution is 7.59. The van der Waals surface area contributed by atoms with E-state index in [-0.39, 0.29) is 5.50 Å². The fourth-order valence-corrected chi connectivity index (χ4v) is 6.13. The second-order valence-corrected chi connectivity index (χ2v) is 11.3. The molecule has 178 valence electrons. The number of aromatic nitrogens is 1. The Hall–Kier alpha value is -2.64. The van der Waals surface area contributed by atoms with Crippen molar-refractivity contribution in [2.75, 3.05) is 12.4 Å². The SMILES string of the molecule is COc1cc(-c2ccc(P(=O)(O)O)o2)cc(-c2cccc3nc(N[C@H]4CCCC[C@@H]4C)sc23)c1. The maximum atomic E-state index is 11.6. The summed E-state index contributed by atoms with van der Waals surface area (Å²) in [6.07, 6.45) is 4.97. The molecule has 0 aliphatic heterocycles. The van der Waals surface area contributed by atoms with Crippen LogP contribution < -0.4 is 15.6 Å². The van der Waals surface area contributed by atoms with Gasteiger partial charge in [0, 0.05) is 17.2 Å². The van der Waals surface area contributed by atoms with E-state index in [0.29, 0.717) is 29.0 Å². The highest BCUT2D eigenvalue weighted by atomic mass is 32.1. The minimum Gasteiger partial charge on any atom is -0.497 e. The van der Waals surface area contributed by atoms with Crippen molar-refractivity contribution in [1.29, 1.82) is 0 Å². The maximum absolute atomic E-state index is 11.6. The lowest BCUT2D eigenvalue weighted by atomic mass is 9.86. The highest BCUT2D eigenvalue weighted by Gasteiger charge is 2.24. The Morgan fingerprint density at radius 1 is 1.12 bits per heavy atom. The first-order chi connectivity index (χ1) is 16.3. The molecular weight excluding hydrogens is 471 g/mol. The van der Waals surface area contributed by atoms with Gasteiger partial charge >= 0.3 is 7.60 Å². The lowest BCUT2D eigenvalue weighted by Gasteiger charge is -2.29. The molecule has 7 nitrogen and oxygen atoms in total. The van der Waals surface area contributed by atoms with Gasteiger partial charge in [-0.25, -0.2) is 4.98 Å². The predicted octanol–water partition coefficient (Wildman–Crippen LogP) is 6.03. The number of furan rings is 1. The van der Waals surface area contributed by atoms with Gasteiger partial charge in [-0.05, 0) is 60.7 Å². The molecule has 1 aliphatic rings. The quantitative estimate of drug-likeness (QED) is 0.279. The van der Waals surface area contributed by atoms with Gasteiger partial charge in [0.15, 0.2) is 5.13 Å². The van der Waals surface area contributed by atoms with Crippen LogP contribution in [-0.2, 0) is 4.57 Å². The van der Waals surface area contributed by atoms with Crippen LogP contribution in [0.25, 0.3) is 32.7 Å². The summed E-state index contributed by atoms with van der Waals surface area (Å²) in [6.45, 7) is 2.31. The lowest BCUT2D eigenvalue weighted by Crippen LogP contribution is -2.30. The zero-order chi connectivity index (χ0) is 23.9. The number of nitrogens with one attached hydrogen (secondary N) is 1. The Kier molecular flexibility index (Phi) is 6.25. The van der Waals surface area contributed by atoms with E-state index in [9.17, 15) is 14.4 Å². The first-order valence-electron chi connectivity index (χ1n) is 11.3. The Bertz CT molecular complexity index is 1370. The molecule has 2 atom stereocenters. The molecule has 0 spiro atoms. The van der Waals surface area contributed by atoms with Gasteiger partial charge in [-0.2, -0.15) is 0 Å². The first-order valence-corrected chi connectivity index (χ1v) is 13.8. The molecule has 5 rings (SSSR count). The minimum absolute atomic E-state index is 0.357. The molecule has 2 heterocycles. The smallest absolute Gasteiger partial charge is 0.391 e. The van der Waals surface area contributed by atoms with E-state index in [1.165, 1.54) is 31.7 Å². The zero-order valence-corrected chi connectivity index (χ0v) is 20.7.